The number of aryl methyl sites for hydroxylation is 1. The molecule has 0 bridgehead atoms. The minimum Gasteiger partial charge on any atom is -0.462 e. The lowest BCUT2D eigenvalue weighted by atomic mass is 10.2. The van der Waals surface area contributed by atoms with Crippen LogP contribution in [0.1, 0.15) is 23.1 Å². The lowest BCUT2D eigenvalue weighted by molar-refractivity contribution is 0.0522. The van der Waals surface area contributed by atoms with Crippen molar-refractivity contribution < 1.29 is 9.53 Å². The minimum absolute atomic E-state index is 0.296. The van der Waals surface area contributed by atoms with E-state index in [1.807, 2.05) is 0 Å². The summed E-state index contributed by atoms with van der Waals surface area (Å²) in [5.41, 5.74) is 6.59. The molecule has 106 valence electrons. The van der Waals surface area contributed by atoms with Gasteiger partial charge in [-0.05, 0) is 43.8 Å². The number of carbonyl (C=O) groups is 1. The van der Waals surface area contributed by atoms with E-state index in [1.165, 1.54) is 16.4 Å². The lowest BCUT2D eigenvalue weighted by Crippen LogP contribution is -2.12. The van der Waals surface area contributed by atoms with Gasteiger partial charge in [-0.15, -0.1) is 10.2 Å². The van der Waals surface area contributed by atoms with Crippen molar-refractivity contribution in [3.05, 3.63) is 29.6 Å². The molecule has 1 aromatic heterocycles. The smallest absolute Gasteiger partial charge is 0.339 e. The highest BCUT2D eigenvalue weighted by molar-refractivity contribution is 7.99. The molecule has 2 rings (SSSR count). The van der Waals surface area contributed by atoms with E-state index in [0.717, 1.165) is 0 Å². The van der Waals surface area contributed by atoms with E-state index < -0.39 is 5.97 Å². The summed E-state index contributed by atoms with van der Waals surface area (Å²) in [4.78, 5) is 12.6. The van der Waals surface area contributed by atoms with Gasteiger partial charge < -0.3 is 16.3 Å². The second kappa shape index (κ2) is 5.83. The van der Waals surface area contributed by atoms with Gasteiger partial charge >= 0.3 is 5.97 Å². The van der Waals surface area contributed by atoms with Crippen molar-refractivity contribution in [1.82, 2.24) is 14.9 Å². The summed E-state index contributed by atoms with van der Waals surface area (Å²) in [7, 11) is 0. The van der Waals surface area contributed by atoms with E-state index in [2.05, 4.69) is 10.2 Å². The number of benzene rings is 1. The monoisotopic (exact) mass is 293 g/mol. The number of hydrogen-bond acceptors (Lipinski definition) is 7. The van der Waals surface area contributed by atoms with E-state index in [1.54, 1.807) is 32.0 Å². The van der Waals surface area contributed by atoms with E-state index in [-0.39, 0.29) is 0 Å². The Bertz CT molecular complexity index is 641. The molecule has 4 N–H and O–H groups in total. The van der Waals surface area contributed by atoms with Crippen molar-refractivity contribution in [2.24, 2.45) is 0 Å². The summed E-state index contributed by atoms with van der Waals surface area (Å²) >= 11 is 1.23. The third-order valence-corrected chi connectivity index (χ3v) is 3.57. The molecule has 20 heavy (non-hydrogen) atoms. The quantitative estimate of drug-likeness (QED) is 0.495. The number of carbonyl (C=O) groups excluding carboxylic acids is 1. The van der Waals surface area contributed by atoms with Gasteiger partial charge in [0.25, 0.3) is 0 Å². The van der Waals surface area contributed by atoms with Gasteiger partial charge in [-0.3, -0.25) is 0 Å². The molecule has 0 fully saturated rings. The van der Waals surface area contributed by atoms with Crippen molar-refractivity contribution in [3.63, 3.8) is 0 Å². The maximum absolute atomic E-state index is 11.9. The number of nitrogens with two attached hydrogens (primary N) is 2. The Morgan fingerprint density at radius 2 is 2.20 bits per heavy atom. The summed E-state index contributed by atoms with van der Waals surface area (Å²) in [6.07, 6.45) is 0. The zero-order valence-electron chi connectivity index (χ0n) is 11.2. The molecule has 1 aromatic carbocycles. The first-order chi connectivity index (χ1) is 9.52. The van der Waals surface area contributed by atoms with Crippen LogP contribution in [0.3, 0.4) is 0 Å². The molecule has 8 heteroatoms. The normalized spacial score (nSPS) is 10.5. The second-order valence-electron chi connectivity index (χ2n) is 3.98. The van der Waals surface area contributed by atoms with Crippen molar-refractivity contribution in [2.75, 3.05) is 18.2 Å². The standard InChI is InChI=1S/C12H15N5O2S/c1-3-19-11(18)9-6-8(13)4-5-10(9)20-12-16-15-7(2)17(12)14/h4-6H,3,13-14H2,1-2H3. The number of ether oxygens (including phenoxy) is 1. The summed E-state index contributed by atoms with van der Waals surface area (Å²) in [5, 5.41) is 8.30. The maximum Gasteiger partial charge on any atom is 0.339 e. The zero-order chi connectivity index (χ0) is 14.7. The molecule has 0 saturated carbocycles. The van der Waals surface area contributed by atoms with E-state index >= 15 is 0 Å². The molecule has 0 saturated heterocycles. The first-order valence-electron chi connectivity index (χ1n) is 5.94. The predicted molar refractivity (Wildman–Crippen MR) is 75.8 cm³/mol. The van der Waals surface area contributed by atoms with Crippen LogP contribution in [0.25, 0.3) is 0 Å². The molecule has 7 nitrogen and oxygen atoms in total. The first-order valence-corrected chi connectivity index (χ1v) is 6.76. The molecule has 0 amide bonds. The van der Waals surface area contributed by atoms with Crippen LogP contribution in [0.15, 0.2) is 28.3 Å². The fraction of sp³-hybridized carbons (Fsp3) is 0.250. The molecule has 2 aromatic rings. The highest BCUT2D eigenvalue weighted by Crippen LogP contribution is 2.30. The van der Waals surface area contributed by atoms with Crippen LogP contribution in [0, 0.1) is 6.92 Å². The highest BCUT2D eigenvalue weighted by Gasteiger charge is 2.17. The molecule has 0 aliphatic rings. The summed E-state index contributed by atoms with van der Waals surface area (Å²) in [6.45, 7) is 3.78. The number of anilines is 1. The summed E-state index contributed by atoms with van der Waals surface area (Å²) < 4.78 is 6.37. The zero-order valence-corrected chi connectivity index (χ0v) is 12.0. The van der Waals surface area contributed by atoms with Crippen LogP contribution in [0.4, 0.5) is 5.69 Å². The van der Waals surface area contributed by atoms with Crippen LogP contribution >= 0.6 is 11.8 Å². The van der Waals surface area contributed by atoms with E-state index in [9.17, 15) is 4.79 Å². The molecule has 1 heterocycles. The molecule has 0 spiro atoms. The Morgan fingerprint density at radius 1 is 1.45 bits per heavy atom. The Labute approximate surface area is 120 Å². The second-order valence-corrected chi connectivity index (χ2v) is 4.99. The molecular weight excluding hydrogens is 278 g/mol. The van der Waals surface area contributed by atoms with Crippen molar-refractivity contribution in [1.29, 1.82) is 0 Å². The van der Waals surface area contributed by atoms with Gasteiger partial charge in [0, 0.05) is 10.6 Å². The third-order valence-electron chi connectivity index (χ3n) is 2.54. The Kier molecular flexibility index (Phi) is 4.14. The average molecular weight is 293 g/mol. The SMILES string of the molecule is CCOC(=O)c1cc(N)ccc1Sc1nnc(C)n1N. The van der Waals surface area contributed by atoms with Gasteiger partial charge in [-0.1, -0.05) is 0 Å². The molecule has 0 aliphatic carbocycles. The van der Waals surface area contributed by atoms with Gasteiger partial charge in [0.15, 0.2) is 0 Å². The fourth-order valence-electron chi connectivity index (χ4n) is 1.52. The minimum atomic E-state index is -0.429. The highest BCUT2D eigenvalue weighted by atomic mass is 32.2. The Balaban J connectivity index is 2.36. The molecule has 0 aliphatic heterocycles. The number of aromatic nitrogens is 3. The number of nitrogens with zero attached hydrogens (tertiary/aromatic N) is 3. The largest absolute Gasteiger partial charge is 0.462 e. The van der Waals surface area contributed by atoms with E-state index in [0.29, 0.717) is 33.7 Å². The topological polar surface area (TPSA) is 109 Å². The molecule has 0 unspecified atom stereocenters. The van der Waals surface area contributed by atoms with Crippen LogP contribution in [-0.2, 0) is 4.74 Å². The van der Waals surface area contributed by atoms with Gasteiger partial charge in [0.1, 0.15) is 5.82 Å². The number of nitrogen functional groups attached to an aromatic ring is 2. The van der Waals surface area contributed by atoms with Gasteiger partial charge in [0.2, 0.25) is 5.16 Å². The lowest BCUT2D eigenvalue weighted by Gasteiger charge is -2.09. The molecular formula is C12H15N5O2S. The van der Waals surface area contributed by atoms with Crippen LogP contribution in [0.5, 0.6) is 0 Å². The van der Waals surface area contributed by atoms with Crippen LogP contribution in [-0.4, -0.2) is 27.4 Å². The molecule has 0 atom stereocenters. The summed E-state index contributed by atoms with van der Waals surface area (Å²) in [5.74, 6) is 5.95. The van der Waals surface area contributed by atoms with Crippen LogP contribution < -0.4 is 11.6 Å². The summed E-state index contributed by atoms with van der Waals surface area (Å²) in [6, 6.07) is 5.01. The Morgan fingerprint density at radius 3 is 2.80 bits per heavy atom. The van der Waals surface area contributed by atoms with Gasteiger partial charge in [0.05, 0.1) is 12.2 Å². The van der Waals surface area contributed by atoms with Crippen molar-refractivity contribution >= 4 is 23.4 Å². The molecule has 0 radical (unpaired) electrons. The number of esters is 1. The maximum atomic E-state index is 11.9. The van der Waals surface area contributed by atoms with Crippen molar-refractivity contribution in [3.8, 4) is 0 Å². The van der Waals surface area contributed by atoms with Crippen LogP contribution in [0.2, 0.25) is 0 Å². The third kappa shape index (κ3) is 2.85. The first kappa shape index (κ1) is 14.2. The number of rotatable bonds is 4. The fourth-order valence-corrected chi connectivity index (χ4v) is 2.42. The average Bonchev–Trinajstić information content (AvgIpc) is 2.73. The van der Waals surface area contributed by atoms with Gasteiger partial charge in [-0.2, -0.15) is 0 Å². The van der Waals surface area contributed by atoms with E-state index in [4.69, 9.17) is 16.3 Å². The predicted octanol–water partition coefficient (Wildman–Crippen LogP) is 1.21. The number of hydrogen-bond donors (Lipinski definition) is 2. The van der Waals surface area contributed by atoms with Gasteiger partial charge in [-0.25, -0.2) is 9.47 Å². The van der Waals surface area contributed by atoms with Crippen molar-refractivity contribution in [2.45, 2.75) is 23.9 Å². The Hall–Kier alpha value is -2.22.